The zero-order valence-corrected chi connectivity index (χ0v) is 10.8. The minimum absolute atomic E-state index is 0.173. The van der Waals surface area contributed by atoms with Gasteiger partial charge in [-0.15, -0.1) is 0 Å². The molecular weight excluding hydrogens is 293 g/mol. The molecule has 0 saturated heterocycles. The van der Waals surface area contributed by atoms with E-state index in [1.165, 1.54) is 6.08 Å². The minimum Gasteiger partial charge on any atom is -0.377 e. The van der Waals surface area contributed by atoms with Crippen LogP contribution in [0.1, 0.15) is 11.1 Å². The van der Waals surface area contributed by atoms with Gasteiger partial charge in [0.25, 0.3) is 0 Å². The Morgan fingerprint density at radius 3 is 2.55 bits per heavy atom. The van der Waals surface area contributed by atoms with Crippen LogP contribution in [0.4, 0.5) is 18.9 Å². The van der Waals surface area contributed by atoms with Gasteiger partial charge in [-0.25, -0.2) is 8.42 Å². The van der Waals surface area contributed by atoms with E-state index in [9.17, 15) is 21.6 Å². The van der Waals surface area contributed by atoms with Crippen molar-refractivity contribution < 1.29 is 21.6 Å². The first-order valence-corrected chi connectivity index (χ1v) is 7.22. The summed E-state index contributed by atoms with van der Waals surface area (Å²) in [7, 11) is -3.27. The van der Waals surface area contributed by atoms with Gasteiger partial charge in [-0.2, -0.15) is 18.4 Å². The van der Waals surface area contributed by atoms with Crippen LogP contribution in [0, 0.1) is 11.3 Å². The number of sulfone groups is 1. The molecule has 1 aromatic rings. The van der Waals surface area contributed by atoms with Crippen molar-refractivity contribution in [3.63, 3.8) is 0 Å². The third-order valence-corrected chi connectivity index (χ3v) is 4.13. The number of nitrogens with zero attached hydrogens (tertiary/aromatic N) is 1. The van der Waals surface area contributed by atoms with Gasteiger partial charge >= 0.3 is 6.18 Å². The highest BCUT2D eigenvalue weighted by atomic mass is 32.2. The minimum atomic E-state index is -4.53. The van der Waals surface area contributed by atoms with E-state index in [1.807, 2.05) is 0 Å². The number of benzene rings is 1. The van der Waals surface area contributed by atoms with Crippen molar-refractivity contribution in [3.05, 3.63) is 40.8 Å². The molecule has 2 rings (SSSR count). The molecule has 106 valence electrons. The summed E-state index contributed by atoms with van der Waals surface area (Å²) in [6.45, 7) is 0. The lowest BCUT2D eigenvalue weighted by atomic mass is 10.1. The Kier molecular flexibility index (Phi) is 3.48. The van der Waals surface area contributed by atoms with Crippen molar-refractivity contribution in [1.29, 1.82) is 5.26 Å². The second kappa shape index (κ2) is 4.83. The predicted octanol–water partition coefficient (Wildman–Crippen LogP) is 2.30. The van der Waals surface area contributed by atoms with Crippen LogP contribution < -0.4 is 5.32 Å². The van der Waals surface area contributed by atoms with Crippen molar-refractivity contribution in [2.24, 2.45) is 0 Å². The summed E-state index contributed by atoms with van der Waals surface area (Å²) >= 11 is 0. The van der Waals surface area contributed by atoms with Crippen LogP contribution in [-0.4, -0.2) is 20.2 Å². The molecule has 0 amide bonds. The first kappa shape index (κ1) is 14.4. The molecule has 1 aromatic carbocycles. The molecule has 1 aliphatic rings. The van der Waals surface area contributed by atoms with Crippen molar-refractivity contribution >= 4 is 15.5 Å². The fourth-order valence-electron chi connectivity index (χ4n) is 1.80. The Morgan fingerprint density at radius 2 is 2.05 bits per heavy atom. The van der Waals surface area contributed by atoms with E-state index >= 15 is 0 Å². The molecule has 1 atom stereocenters. The van der Waals surface area contributed by atoms with E-state index in [4.69, 9.17) is 5.26 Å². The van der Waals surface area contributed by atoms with Crippen LogP contribution in [0.3, 0.4) is 0 Å². The molecule has 20 heavy (non-hydrogen) atoms. The summed E-state index contributed by atoms with van der Waals surface area (Å²) in [5.41, 5.74) is -0.932. The maximum atomic E-state index is 12.5. The number of anilines is 1. The molecule has 0 radical (unpaired) electrons. The van der Waals surface area contributed by atoms with E-state index < -0.39 is 27.6 Å². The second-order valence-electron chi connectivity index (χ2n) is 4.28. The first-order valence-electron chi connectivity index (χ1n) is 5.50. The average molecular weight is 302 g/mol. The molecule has 0 bridgehead atoms. The number of nitrogens with one attached hydrogen (secondary N) is 1. The quantitative estimate of drug-likeness (QED) is 0.910. The molecule has 0 aliphatic carbocycles. The van der Waals surface area contributed by atoms with Crippen LogP contribution >= 0.6 is 0 Å². The molecule has 8 heteroatoms. The third kappa shape index (κ3) is 3.11. The summed E-state index contributed by atoms with van der Waals surface area (Å²) in [4.78, 5) is 0. The summed E-state index contributed by atoms with van der Waals surface area (Å²) in [5, 5.41) is 12.7. The maximum absolute atomic E-state index is 12.5. The van der Waals surface area contributed by atoms with Gasteiger partial charge < -0.3 is 5.32 Å². The summed E-state index contributed by atoms with van der Waals surface area (Å²) in [6.07, 6.45) is -3.13. The standard InChI is InChI=1S/C12H9F3N2O2S/c13-12(14,15)9-1-2-11(8(5-9)6-16)17-10-3-4-20(18,19)7-10/h1-5,10,17H,7H2. The van der Waals surface area contributed by atoms with Crippen LogP contribution in [0.15, 0.2) is 29.7 Å². The highest BCUT2D eigenvalue weighted by molar-refractivity contribution is 7.94. The van der Waals surface area contributed by atoms with Crippen molar-refractivity contribution in [3.8, 4) is 6.07 Å². The Hall–Kier alpha value is -2.01. The van der Waals surface area contributed by atoms with Gasteiger partial charge in [0.05, 0.1) is 28.6 Å². The molecule has 1 heterocycles. The van der Waals surface area contributed by atoms with Gasteiger partial charge in [0.1, 0.15) is 6.07 Å². The van der Waals surface area contributed by atoms with Gasteiger partial charge in [0.15, 0.2) is 9.84 Å². The molecule has 0 saturated carbocycles. The molecule has 0 spiro atoms. The smallest absolute Gasteiger partial charge is 0.377 e. The fraction of sp³-hybridized carbons (Fsp3) is 0.250. The Balaban J connectivity index is 2.26. The molecule has 1 unspecified atom stereocenters. The first-order chi connectivity index (χ1) is 9.21. The van der Waals surface area contributed by atoms with Crippen LogP contribution in [0.25, 0.3) is 0 Å². The molecular formula is C12H9F3N2O2S. The molecule has 1 N–H and O–H groups in total. The summed E-state index contributed by atoms with van der Waals surface area (Å²) in [5.74, 6) is -0.182. The van der Waals surface area contributed by atoms with Gasteiger partial charge in [0.2, 0.25) is 0 Å². The Morgan fingerprint density at radius 1 is 1.35 bits per heavy atom. The van der Waals surface area contributed by atoms with E-state index in [0.717, 1.165) is 23.6 Å². The van der Waals surface area contributed by atoms with E-state index in [0.29, 0.717) is 0 Å². The van der Waals surface area contributed by atoms with Crippen molar-refractivity contribution in [1.82, 2.24) is 0 Å². The zero-order chi connectivity index (χ0) is 15.0. The molecule has 4 nitrogen and oxygen atoms in total. The monoisotopic (exact) mass is 302 g/mol. The topological polar surface area (TPSA) is 70.0 Å². The van der Waals surface area contributed by atoms with E-state index in [1.54, 1.807) is 6.07 Å². The number of hydrogen-bond acceptors (Lipinski definition) is 4. The molecule has 0 aromatic heterocycles. The second-order valence-corrected chi connectivity index (χ2v) is 6.21. The highest BCUT2D eigenvalue weighted by Crippen LogP contribution is 2.32. The van der Waals surface area contributed by atoms with Crippen molar-refractivity contribution in [2.75, 3.05) is 11.1 Å². The largest absolute Gasteiger partial charge is 0.416 e. The maximum Gasteiger partial charge on any atom is 0.416 e. The lowest BCUT2D eigenvalue weighted by molar-refractivity contribution is -0.137. The van der Waals surface area contributed by atoms with Crippen molar-refractivity contribution in [2.45, 2.75) is 12.2 Å². The van der Waals surface area contributed by atoms with Crippen LogP contribution in [-0.2, 0) is 16.0 Å². The Labute approximate surface area is 113 Å². The lowest BCUT2D eigenvalue weighted by Gasteiger charge is -2.14. The lowest BCUT2D eigenvalue weighted by Crippen LogP contribution is -2.21. The van der Waals surface area contributed by atoms with Gasteiger partial charge in [-0.05, 0) is 18.2 Å². The van der Waals surface area contributed by atoms with Crippen LogP contribution in [0.5, 0.6) is 0 Å². The molecule has 1 aliphatic heterocycles. The number of nitriles is 1. The van der Waals surface area contributed by atoms with Crippen LogP contribution in [0.2, 0.25) is 0 Å². The number of hydrogen-bond donors (Lipinski definition) is 1. The van der Waals surface area contributed by atoms with E-state index in [-0.39, 0.29) is 17.0 Å². The predicted molar refractivity (Wildman–Crippen MR) is 66.5 cm³/mol. The van der Waals surface area contributed by atoms with Gasteiger partial charge in [0, 0.05) is 5.41 Å². The fourth-order valence-corrected chi connectivity index (χ4v) is 3.04. The summed E-state index contributed by atoms with van der Waals surface area (Å²) < 4.78 is 60.0. The molecule has 0 fully saturated rings. The zero-order valence-electron chi connectivity index (χ0n) is 9.98. The average Bonchev–Trinajstić information content (AvgIpc) is 2.68. The van der Waals surface area contributed by atoms with Gasteiger partial charge in [-0.1, -0.05) is 6.08 Å². The number of alkyl halides is 3. The van der Waals surface area contributed by atoms with Gasteiger partial charge in [-0.3, -0.25) is 0 Å². The highest BCUT2D eigenvalue weighted by Gasteiger charge is 2.31. The number of halogens is 3. The SMILES string of the molecule is N#Cc1cc(C(F)(F)F)ccc1NC1C=CS(=O)(=O)C1. The van der Waals surface area contributed by atoms with E-state index in [2.05, 4.69) is 5.32 Å². The summed E-state index contributed by atoms with van der Waals surface area (Å²) in [6, 6.07) is 3.82. The normalized spacial score (nSPS) is 20.6. The third-order valence-electron chi connectivity index (χ3n) is 2.74. The Bertz CT molecular complexity index is 702. The number of rotatable bonds is 2.